The highest BCUT2D eigenvalue weighted by Crippen LogP contribution is 2.33. The van der Waals surface area contributed by atoms with Crippen molar-refractivity contribution in [2.24, 2.45) is 0 Å². The van der Waals surface area contributed by atoms with Crippen LogP contribution in [0.3, 0.4) is 0 Å². The molecule has 0 atom stereocenters. The quantitative estimate of drug-likeness (QED) is 0.506. The van der Waals surface area contributed by atoms with Crippen molar-refractivity contribution in [3.8, 4) is 11.4 Å². The largest absolute Gasteiger partial charge is 0.497 e. The molecular weight excluding hydrogens is 456 g/mol. The number of rotatable bonds is 5. The number of likely N-dealkylation sites (tertiary alicyclic amines) is 1. The molecule has 0 saturated carbocycles. The van der Waals surface area contributed by atoms with Crippen LogP contribution in [-0.2, 0) is 4.74 Å². The standard InChI is InChI=1S/C28H34N4O4/c1-19-9-11-22(12-10-19)32-25(20-13-15-31(16-14-20)27(34)36-28(2,3)4)24(18-29-32)26(33)30-21-7-6-8-23(17-21)35-5/h6-12,17-18,20H,13-16H2,1-5H3,(H,30,33). The molecule has 8 nitrogen and oxygen atoms in total. The van der Waals surface area contributed by atoms with Crippen LogP contribution in [0.15, 0.2) is 54.7 Å². The van der Waals surface area contributed by atoms with E-state index < -0.39 is 5.60 Å². The number of carbonyl (C=O) groups excluding carboxylic acids is 2. The van der Waals surface area contributed by atoms with E-state index >= 15 is 0 Å². The van der Waals surface area contributed by atoms with Gasteiger partial charge >= 0.3 is 6.09 Å². The van der Waals surface area contributed by atoms with Crippen molar-refractivity contribution in [2.75, 3.05) is 25.5 Å². The second-order valence-electron chi connectivity index (χ2n) is 10.1. The molecule has 2 amide bonds. The first-order valence-electron chi connectivity index (χ1n) is 12.2. The molecule has 1 aromatic heterocycles. The number of nitrogens with one attached hydrogen (secondary N) is 1. The van der Waals surface area contributed by atoms with Crippen LogP contribution in [0.25, 0.3) is 5.69 Å². The molecule has 190 valence electrons. The third-order valence-corrected chi connectivity index (χ3v) is 6.19. The average molecular weight is 491 g/mol. The van der Waals surface area contributed by atoms with E-state index in [1.54, 1.807) is 24.3 Å². The topological polar surface area (TPSA) is 85.7 Å². The Balaban J connectivity index is 1.61. The SMILES string of the molecule is COc1cccc(NC(=O)c2cnn(-c3ccc(C)cc3)c2C2CCN(C(=O)OC(C)(C)C)CC2)c1. The van der Waals surface area contributed by atoms with Crippen LogP contribution >= 0.6 is 0 Å². The van der Waals surface area contributed by atoms with Gasteiger partial charge in [0.25, 0.3) is 5.91 Å². The van der Waals surface area contributed by atoms with Gasteiger partial charge in [0, 0.05) is 30.8 Å². The van der Waals surface area contributed by atoms with Gasteiger partial charge in [-0.2, -0.15) is 5.10 Å². The Kier molecular flexibility index (Phi) is 7.33. The van der Waals surface area contributed by atoms with E-state index in [2.05, 4.69) is 10.4 Å². The van der Waals surface area contributed by atoms with Crippen LogP contribution in [0.5, 0.6) is 5.75 Å². The molecule has 0 bridgehead atoms. The van der Waals surface area contributed by atoms with Gasteiger partial charge in [0.2, 0.25) is 0 Å². The summed E-state index contributed by atoms with van der Waals surface area (Å²) < 4.78 is 12.7. The number of ether oxygens (including phenoxy) is 2. The molecule has 0 aliphatic carbocycles. The lowest BCUT2D eigenvalue weighted by molar-refractivity contribution is 0.0203. The zero-order valence-electron chi connectivity index (χ0n) is 21.6. The number of methoxy groups -OCH3 is 1. The van der Waals surface area contributed by atoms with E-state index in [9.17, 15) is 9.59 Å². The summed E-state index contributed by atoms with van der Waals surface area (Å²) in [6, 6.07) is 15.3. The molecule has 1 fully saturated rings. The van der Waals surface area contributed by atoms with Gasteiger partial charge < -0.3 is 19.7 Å². The van der Waals surface area contributed by atoms with Gasteiger partial charge in [-0.25, -0.2) is 9.48 Å². The van der Waals surface area contributed by atoms with Crippen molar-refractivity contribution in [1.29, 1.82) is 0 Å². The number of anilines is 1. The van der Waals surface area contributed by atoms with Gasteiger partial charge in [-0.05, 0) is 64.8 Å². The molecule has 36 heavy (non-hydrogen) atoms. The number of benzene rings is 2. The van der Waals surface area contributed by atoms with E-state index in [1.165, 1.54) is 0 Å². The smallest absolute Gasteiger partial charge is 0.410 e. The van der Waals surface area contributed by atoms with Crippen LogP contribution in [0.2, 0.25) is 0 Å². The molecule has 0 spiro atoms. The van der Waals surface area contributed by atoms with Gasteiger partial charge in [-0.15, -0.1) is 0 Å². The van der Waals surface area contributed by atoms with Crippen LogP contribution in [-0.4, -0.2) is 52.5 Å². The Hall–Kier alpha value is -3.81. The molecule has 1 N–H and O–H groups in total. The molecule has 3 aromatic rings. The zero-order valence-corrected chi connectivity index (χ0v) is 21.6. The lowest BCUT2D eigenvalue weighted by Crippen LogP contribution is -2.41. The molecule has 0 radical (unpaired) electrons. The van der Waals surface area contributed by atoms with Crippen molar-refractivity contribution in [3.05, 3.63) is 71.5 Å². The molecule has 4 rings (SSSR count). The molecular formula is C28H34N4O4. The lowest BCUT2D eigenvalue weighted by Gasteiger charge is -2.34. The number of hydrogen-bond acceptors (Lipinski definition) is 5. The molecule has 1 aliphatic heterocycles. The summed E-state index contributed by atoms with van der Waals surface area (Å²) in [7, 11) is 1.59. The maximum absolute atomic E-state index is 13.4. The molecule has 1 aliphatic rings. The first kappa shape index (κ1) is 25.3. The highest BCUT2D eigenvalue weighted by atomic mass is 16.6. The zero-order chi connectivity index (χ0) is 25.9. The predicted molar refractivity (Wildman–Crippen MR) is 139 cm³/mol. The van der Waals surface area contributed by atoms with Crippen molar-refractivity contribution >= 4 is 17.7 Å². The first-order valence-corrected chi connectivity index (χ1v) is 12.2. The third kappa shape index (κ3) is 5.87. The lowest BCUT2D eigenvalue weighted by atomic mass is 9.90. The Labute approximate surface area is 212 Å². The summed E-state index contributed by atoms with van der Waals surface area (Å²) >= 11 is 0. The van der Waals surface area contributed by atoms with Crippen LogP contribution in [0.1, 0.15) is 61.1 Å². The number of aryl methyl sites for hydroxylation is 1. The normalized spacial score (nSPS) is 14.4. The fourth-order valence-electron chi connectivity index (χ4n) is 4.38. The fourth-order valence-corrected chi connectivity index (χ4v) is 4.38. The van der Waals surface area contributed by atoms with E-state index in [1.807, 2.05) is 74.8 Å². The maximum Gasteiger partial charge on any atom is 0.410 e. The second-order valence-corrected chi connectivity index (χ2v) is 10.1. The number of aromatic nitrogens is 2. The van der Waals surface area contributed by atoms with Crippen molar-refractivity contribution in [2.45, 2.75) is 52.1 Å². The van der Waals surface area contributed by atoms with Gasteiger partial charge in [-0.1, -0.05) is 23.8 Å². The summed E-state index contributed by atoms with van der Waals surface area (Å²) in [5.41, 5.74) is 3.52. The van der Waals surface area contributed by atoms with Gasteiger partial charge in [0.1, 0.15) is 11.4 Å². The molecule has 1 saturated heterocycles. The minimum atomic E-state index is -0.538. The summed E-state index contributed by atoms with van der Waals surface area (Å²) in [6.07, 6.45) is 2.74. The molecule has 8 heteroatoms. The first-order chi connectivity index (χ1) is 17.1. The minimum absolute atomic E-state index is 0.0542. The molecule has 0 unspecified atom stereocenters. The van der Waals surface area contributed by atoms with Gasteiger partial charge in [0.15, 0.2) is 0 Å². The van der Waals surface area contributed by atoms with Crippen LogP contribution < -0.4 is 10.1 Å². The summed E-state index contributed by atoms with van der Waals surface area (Å²) in [4.78, 5) is 27.7. The van der Waals surface area contributed by atoms with Crippen LogP contribution in [0, 0.1) is 6.92 Å². The Bertz CT molecular complexity index is 1220. The summed E-state index contributed by atoms with van der Waals surface area (Å²) in [5, 5.41) is 7.60. The molecule has 2 heterocycles. The number of nitrogens with zero attached hydrogens (tertiary/aromatic N) is 3. The monoisotopic (exact) mass is 490 g/mol. The average Bonchev–Trinajstić information content (AvgIpc) is 3.29. The van der Waals surface area contributed by atoms with Crippen molar-refractivity contribution in [1.82, 2.24) is 14.7 Å². The maximum atomic E-state index is 13.4. The highest BCUT2D eigenvalue weighted by molar-refractivity contribution is 6.05. The fraction of sp³-hybridized carbons (Fsp3) is 0.393. The highest BCUT2D eigenvalue weighted by Gasteiger charge is 2.32. The van der Waals surface area contributed by atoms with E-state index in [0.29, 0.717) is 42.9 Å². The Morgan fingerprint density at radius 3 is 2.39 bits per heavy atom. The van der Waals surface area contributed by atoms with Crippen molar-refractivity contribution in [3.63, 3.8) is 0 Å². The number of hydrogen-bond donors (Lipinski definition) is 1. The Morgan fingerprint density at radius 2 is 1.75 bits per heavy atom. The van der Waals surface area contributed by atoms with Gasteiger partial charge in [0.05, 0.1) is 30.3 Å². The van der Waals surface area contributed by atoms with Gasteiger partial charge in [-0.3, -0.25) is 4.79 Å². The summed E-state index contributed by atoms with van der Waals surface area (Å²) in [5.74, 6) is 0.489. The van der Waals surface area contributed by atoms with E-state index in [4.69, 9.17) is 9.47 Å². The number of piperidine rings is 1. The van der Waals surface area contributed by atoms with E-state index in [0.717, 1.165) is 16.9 Å². The molecule has 2 aromatic carbocycles. The Morgan fingerprint density at radius 1 is 1.06 bits per heavy atom. The van der Waals surface area contributed by atoms with Crippen molar-refractivity contribution < 1.29 is 19.1 Å². The number of carbonyl (C=O) groups is 2. The predicted octanol–water partition coefficient (Wildman–Crippen LogP) is 5.56. The number of amides is 2. The van der Waals surface area contributed by atoms with E-state index in [-0.39, 0.29) is 17.9 Å². The summed E-state index contributed by atoms with van der Waals surface area (Å²) in [6.45, 7) is 8.74. The minimum Gasteiger partial charge on any atom is -0.497 e. The third-order valence-electron chi connectivity index (χ3n) is 6.19. The van der Waals surface area contributed by atoms with Crippen LogP contribution in [0.4, 0.5) is 10.5 Å². The second kappa shape index (κ2) is 10.4.